The molecule has 3 rings (SSSR count). The summed E-state index contributed by atoms with van der Waals surface area (Å²) in [6.07, 6.45) is 10.1. The summed E-state index contributed by atoms with van der Waals surface area (Å²) in [7, 11) is 0. The summed E-state index contributed by atoms with van der Waals surface area (Å²) in [4.78, 5) is 2.54. The molecule has 0 atom stereocenters. The van der Waals surface area contributed by atoms with Crippen molar-refractivity contribution in [1.29, 1.82) is 0 Å². The lowest BCUT2D eigenvalue weighted by atomic mass is 9.68. The van der Waals surface area contributed by atoms with Crippen LogP contribution in [0.1, 0.15) is 50.5 Å². The normalized spacial score (nSPS) is 22.2. The molecule has 1 aliphatic heterocycles. The molecule has 2 fully saturated rings. The lowest BCUT2D eigenvalue weighted by molar-refractivity contribution is 0.144. The van der Waals surface area contributed by atoms with E-state index in [4.69, 9.17) is 11.6 Å². The van der Waals surface area contributed by atoms with Gasteiger partial charge in [-0.2, -0.15) is 0 Å². The van der Waals surface area contributed by atoms with Crippen LogP contribution in [-0.2, 0) is 5.88 Å². The van der Waals surface area contributed by atoms with Crippen molar-refractivity contribution in [1.82, 2.24) is 0 Å². The monoisotopic (exact) mass is 355 g/mol. The van der Waals surface area contributed by atoms with E-state index >= 15 is 0 Å². The van der Waals surface area contributed by atoms with Gasteiger partial charge in [-0.15, -0.1) is 11.6 Å². The minimum Gasteiger partial charge on any atom is -0.371 e. The number of halogens is 2. The molecule has 20 heavy (non-hydrogen) atoms. The number of hydrogen-bond acceptors (Lipinski definition) is 1. The highest BCUT2D eigenvalue weighted by Gasteiger charge is 2.35. The SMILES string of the molecule is ClCc1ccc(N2CCC3(CCCCC3)CC2)cc1Br. The van der Waals surface area contributed by atoms with E-state index in [2.05, 4.69) is 39.0 Å². The standard InChI is InChI=1S/C17H23BrClN/c18-16-12-15(5-4-14(16)13-19)20-10-8-17(9-11-20)6-2-1-3-7-17/h4-5,12H,1-3,6-11,13H2. The fourth-order valence-corrected chi connectivity index (χ4v) is 4.78. The Morgan fingerprint density at radius 2 is 1.75 bits per heavy atom. The quantitative estimate of drug-likeness (QED) is 0.611. The van der Waals surface area contributed by atoms with Crippen LogP contribution >= 0.6 is 27.5 Å². The predicted octanol–water partition coefficient (Wildman–Crippen LogP) is 5.74. The fraction of sp³-hybridized carbons (Fsp3) is 0.647. The van der Waals surface area contributed by atoms with E-state index in [9.17, 15) is 0 Å². The summed E-state index contributed by atoms with van der Waals surface area (Å²) in [6.45, 7) is 2.43. The highest BCUT2D eigenvalue weighted by Crippen LogP contribution is 2.45. The number of benzene rings is 1. The second-order valence-electron chi connectivity index (χ2n) is 6.46. The Bertz CT molecular complexity index is 458. The molecule has 1 saturated heterocycles. The third-order valence-corrected chi connectivity index (χ3v) is 6.31. The minimum atomic E-state index is 0.573. The van der Waals surface area contributed by atoms with Crippen LogP contribution in [-0.4, -0.2) is 13.1 Å². The van der Waals surface area contributed by atoms with Gasteiger partial charge in [-0.05, 0) is 48.8 Å². The number of rotatable bonds is 2. The highest BCUT2D eigenvalue weighted by molar-refractivity contribution is 9.10. The van der Waals surface area contributed by atoms with Crippen molar-refractivity contribution in [3.8, 4) is 0 Å². The van der Waals surface area contributed by atoms with E-state index in [1.165, 1.54) is 69.3 Å². The van der Waals surface area contributed by atoms with E-state index < -0.39 is 0 Å². The number of piperidine rings is 1. The predicted molar refractivity (Wildman–Crippen MR) is 90.7 cm³/mol. The van der Waals surface area contributed by atoms with E-state index in [0.29, 0.717) is 11.3 Å². The molecule has 2 aliphatic rings. The molecule has 1 aliphatic carbocycles. The van der Waals surface area contributed by atoms with Gasteiger partial charge in [0.1, 0.15) is 0 Å². The molecule has 1 saturated carbocycles. The average molecular weight is 357 g/mol. The fourth-order valence-electron chi connectivity index (χ4n) is 3.88. The van der Waals surface area contributed by atoms with E-state index in [-0.39, 0.29) is 0 Å². The summed E-state index contributed by atoms with van der Waals surface area (Å²) < 4.78 is 1.14. The Hall–Kier alpha value is -0.210. The summed E-state index contributed by atoms with van der Waals surface area (Å²) in [5.74, 6) is 0.573. The van der Waals surface area contributed by atoms with Gasteiger partial charge in [0.2, 0.25) is 0 Å². The van der Waals surface area contributed by atoms with Gasteiger partial charge in [-0.1, -0.05) is 41.3 Å². The van der Waals surface area contributed by atoms with Crippen molar-refractivity contribution < 1.29 is 0 Å². The third-order valence-electron chi connectivity index (χ3n) is 5.28. The first kappa shape index (κ1) is 14.7. The Morgan fingerprint density at radius 3 is 2.35 bits per heavy atom. The van der Waals surface area contributed by atoms with Crippen molar-refractivity contribution in [3.05, 3.63) is 28.2 Å². The van der Waals surface area contributed by atoms with Gasteiger partial charge in [0.05, 0.1) is 0 Å². The molecule has 1 nitrogen and oxygen atoms in total. The Morgan fingerprint density at radius 1 is 1.05 bits per heavy atom. The highest BCUT2D eigenvalue weighted by atomic mass is 79.9. The van der Waals surface area contributed by atoms with Crippen molar-refractivity contribution in [2.75, 3.05) is 18.0 Å². The maximum Gasteiger partial charge on any atom is 0.0485 e. The van der Waals surface area contributed by atoms with E-state index in [1.54, 1.807) is 0 Å². The smallest absolute Gasteiger partial charge is 0.0485 e. The van der Waals surface area contributed by atoms with Crippen LogP contribution in [0.25, 0.3) is 0 Å². The van der Waals surface area contributed by atoms with Crippen LogP contribution in [0.3, 0.4) is 0 Å². The average Bonchev–Trinajstić information content (AvgIpc) is 2.49. The molecule has 3 heteroatoms. The zero-order valence-corrected chi connectivity index (χ0v) is 14.3. The molecule has 1 heterocycles. The first-order valence-electron chi connectivity index (χ1n) is 7.82. The molecule has 1 aromatic rings. The zero-order valence-electron chi connectivity index (χ0n) is 12.0. The van der Waals surface area contributed by atoms with Gasteiger partial charge in [0, 0.05) is 29.1 Å². The molecule has 110 valence electrons. The van der Waals surface area contributed by atoms with Crippen LogP contribution in [0.5, 0.6) is 0 Å². The third kappa shape index (κ3) is 3.01. The van der Waals surface area contributed by atoms with Crippen LogP contribution in [0.2, 0.25) is 0 Å². The maximum atomic E-state index is 5.92. The van der Waals surface area contributed by atoms with Gasteiger partial charge in [-0.3, -0.25) is 0 Å². The lowest BCUT2D eigenvalue weighted by Crippen LogP contribution is -2.41. The molecule has 0 radical (unpaired) electrons. The zero-order chi connectivity index (χ0) is 14.0. The van der Waals surface area contributed by atoms with Crippen molar-refractivity contribution in [3.63, 3.8) is 0 Å². The molecule has 0 bridgehead atoms. The van der Waals surface area contributed by atoms with Gasteiger partial charge < -0.3 is 4.90 Å². The van der Waals surface area contributed by atoms with Gasteiger partial charge in [-0.25, -0.2) is 0 Å². The maximum absolute atomic E-state index is 5.92. The first-order chi connectivity index (χ1) is 9.72. The van der Waals surface area contributed by atoms with E-state index in [1.807, 2.05) is 0 Å². The minimum absolute atomic E-state index is 0.573. The van der Waals surface area contributed by atoms with Crippen LogP contribution < -0.4 is 4.90 Å². The van der Waals surface area contributed by atoms with Crippen LogP contribution in [0.4, 0.5) is 5.69 Å². The number of anilines is 1. The molecule has 0 amide bonds. The first-order valence-corrected chi connectivity index (χ1v) is 9.15. The summed E-state index contributed by atoms with van der Waals surface area (Å²) in [6, 6.07) is 6.61. The van der Waals surface area contributed by atoms with Crippen molar-refractivity contribution in [2.24, 2.45) is 5.41 Å². The largest absolute Gasteiger partial charge is 0.371 e. The summed E-state index contributed by atoms with van der Waals surface area (Å²) in [5.41, 5.74) is 3.20. The Kier molecular flexibility index (Phi) is 4.62. The van der Waals surface area contributed by atoms with Crippen molar-refractivity contribution >= 4 is 33.2 Å². The second-order valence-corrected chi connectivity index (χ2v) is 7.58. The number of hydrogen-bond donors (Lipinski definition) is 0. The van der Waals surface area contributed by atoms with Gasteiger partial charge in [0.15, 0.2) is 0 Å². The van der Waals surface area contributed by atoms with Gasteiger partial charge >= 0.3 is 0 Å². The number of alkyl halides is 1. The summed E-state index contributed by atoms with van der Waals surface area (Å²) >= 11 is 9.56. The van der Waals surface area contributed by atoms with Crippen LogP contribution in [0.15, 0.2) is 22.7 Å². The molecular formula is C17H23BrClN. The molecule has 0 unspecified atom stereocenters. The topological polar surface area (TPSA) is 3.24 Å². The Labute approximate surface area is 135 Å². The molecule has 0 aromatic heterocycles. The molecule has 0 N–H and O–H groups in total. The molecule has 1 aromatic carbocycles. The molecule has 1 spiro atoms. The lowest BCUT2D eigenvalue weighted by Gasteiger charge is -2.45. The van der Waals surface area contributed by atoms with E-state index in [0.717, 1.165) is 4.47 Å². The second kappa shape index (κ2) is 6.27. The van der Waals surface area contributed by atoms with Gasteiger partial charge in [0.25, 0.3) is 0 Å². The Balaban J connectivity index is 1.67. The van der Waals surface area contributed by atoms with Crippen molar-refractivity contribution in [2.45, 2.75) is 50.8 Å². The summed E-state index contributed by atoms with van der Waals surface area (Å²) in [5, 5.41) is 0. The molecular weight excluding hydrogens is 334 g/mol. The number of nitrogens with zero attached hydrogens (tertiary/aromatic N) is 1. The van der Waals surface area contributed by atoms with Crippen LogP contribution in [0, 0.1) is 5.41 Å².